The van der Waals surface area contributed by atoms with Gasteiger partial charge in [0, 0.05) is 12.2 Å². The van der Waals surface area contributed by atoms with Gasteiger partial charge in [0.2, 0.25) is 0 Å². The van der Waals surface area contributed by atoms with Gasteiger partial charge in [-0.1, -0.05) is 0 Å². The van der Waals surface area contributed by atoms with Crippen molar-refractivity contribution >= 4 is 11.6 Å². The van der Waals surface area contributed by atoms with E-state index in [4.69, 9.17) is 10.5 Å². The highest BCUT2D eigenvalue weighted by atomic mass is 19.1. The highest BCUT2D eigenvalue weighted by molar-refractivity contribution is 5.96. The molecule has 1 aliphatic heterocycles. The van der Waals surface area contributed by atoms with Gasteiger partial charge >= 0.3 is 0 Å². The fourth-order valence-corrected chi connectivity index (χ4v) is 2.33. The Bertz CT molecular complexity index is 514. The van der Waals surface area contributed by atoms with Gasteiger partial charge in [0.25, 0.3) is 5.91 Å². The Kier molecular flexibility index (Phi) is 3.49. The van der Waals surface area contributed by atoms with E-state index in [1.54, 1.807) is 11.8 Å². The van der Waals surface area contributed by atoms with Crippen molar-refractivity contribution in [2.45, 2.75) is 26.3 Å². The largest absolute Gasteiger partial charge is 0.399 e. The number of hydrogen-bond acceptors (Lipinski definition) is 3. The molecule has 0 bridgehead atoms. The number of carbonyl (C=O) groups is 1. The number of nitrogens with zero attached hydrogens (tertiary/aromatic N) is 1. The number of anilines is 1. The number of hydrogen-bond donors (Lipinski definition) is 1. The molecule has 5 heteroatoms. The average molecular weight is 266 g/mol. The van der Waals surface area contributed by atoms with Crippen LogP contribution in [0.5, 0.6) is 0 Å². The molecule has 0 unspecified atom stereocenters. The van der Waals surface area contributed by atoms with Gasteiger partial charge < -0.3 is 15.4 Å². The molecule has 0 saturated carbocycles. The zero-order chi connectivity index (χ0) is 14.2. The predicted molar refractivity (Wildman–Crippen MR) is 71.5 cm³/mol. The van der Waals surface area contributed by atoms with Crippen molar-refractivity contribution in [2.24, 2.45) is 0 Å². The molecule has 2 rings (SSSR count). The van der Waals surface area contributed by atoms with E-state index in [1.807, 2.05) is 13.8 Å². The summed E-state index contributed by atoms with van der Waals surface area (Å²) in [5.41, 5.74) is 6.07. The number of aryl methyl sites for hydroxylation is 1. The van der Waals surface area contributed by atoms with Gasteiger partial charge in [-0.25, -0.2) is 4.39 Å². The topological polar surface area (TPSA) is 55.6 Å². The summed E-state index contributed by atoms with van der Waals surface area (Å²) in [4.78, 5) is 14.2. The molecule has 19 heavy (non-hydrogen) atoms. The summed E-state index contributed by atoms with van der Waals surface area (Å²) >= 11 is 0. The Morgan fingerprint density at radius 1 is 1.47 bits per heavy atom. The van der Waals surface area contributed by atoms with E-state index in [2.05, 4.69) is 0 Å². The van der Waals surface area contributed by atoms with Gasteiger partial charge in [0.1, 0.15) is 5.82 Å². The highest BCUT2D eigenvalue weighted by Gasteiger charge is 2.35. The Hall–Kier alpha value is -1.62. The number of rotatable bonds is 1. The lowest BCUT2D eigenvalue weighted by molar-refractivity contribution is -0.0372. The lowest BCUT2D eigenvalue weighted by Crippen LogP contribution is -2.55. The number of nitrogen functional groups attached to an aromatic ring is 1. The van der Waals surface area contributed by atoms with Crippen molar-refractivity contribution in [3.63, 3.8) is 0 Å². The first-order valence-electron chi connectivity index (χ1n) is 6.28. The van der Waals surface area contributed by atoms with E-state index in [0.717, 1.165) is 0 Å². The van der Waals surface area contributed by atoms with Crippen LogP contribution in [-0.4, -0.2) is 36.1 Å². The van der Waals surface area contributed by atoms with Crippen LogP contribution in [0.15, 0.2) is 12.1 Å². The molecule has 1 fully saturated rings. The van der Waals surface area contributed by atoms with Crippen molar-refractivity contribution in [2.75, 3.05) is 25.5 Å². The zero-order valence-electron chi connectivity index (χ0n) is 11.5. The molecule has 0 aliphatic carbocycles. The van der Waals surface area contributed by atoms with Crippen molar-refractivity contribution in [3.8, 4) is 0 Å². The van der Waals surface area contributed by atoms with Crippen molar-refractivity contribution in [1.29, 1.82) is 0 Å². The molecule has 2 N–H and O–H groups in total. The minimum atomic E-state index is -0.499. The quantitative estimate of drug-likeness (QED) is 0.791. The van der Waals surface area contributed by atoms with E-state index in [-0.39, 0.29) is 11.5 Å². The molecule has 0 radical (unpaired) electrons. The summed E-state index contributed by atoms with van der Waals surface area (Å²) in [6, 6.07) is 2.92. The number of halogens is 1. The standard InChI is InChI=1S/C14H19FN2O2/c1-9-6-10(16)7-11(12(9)15)13(18)17-4-5-19-8-14(17,2)3/h6-7H,4-5,8,16H2,1-3H3. The van der Waals surface area contributed by atoms with Crippen LogP contribution in [0.25, 0.3) is 0 Å². The van der Waals surface area contributed by atoms with Crippen molar-refractivity contribution in [1.82, 2.24) is 4.90 Å². The highest BCUT2D eigenvalue weighted by Crippen LogP contribution is 2.25. The molecule has 4 nitrogen and oxygen atoms in total. The minimum absolute atomic E-state index is 0.0347. The van der Waals surface area contributed by atoms with E-state index in [1.165, 1.54) is 12.1 Å². The molecule has 0 atom stereocenters. The third-order valence-electron chi connectivity index (χ3n) is 3.40. The summed E-state index contributed by atoms with van der Waals surface area (Å²) in [6.07, 6.45) is 0. The van der Waals surface area contributed by atoms with Crippen molar-refractivity contribution in [3.05, 3.63) is 29.1 Å². The van der Waals surface area contributed by atoms with Gasteiger partial charge in [-0.2, -0.15) is 0 Å². The molecular formula is C14H19FN2O2. The number of nitrogens with two attached hydrogens (primary N) is 1. The van der Waals surface area contributed by atoms with Crippen LogP contribution in [0, 0.1) is 12.7 Å². The summed E-state index contributed by atoms with van der Waals surface area (Å²) in [6.45, 7) is 6.79. The second kappa shape index (κ2) is 4.81. The first-order chi connectivity index (χ1) is 8.83. The lowest BCUT2D eigenvalue weighted by atomic mass is 9.99. The van der Waals surface area contributed by atoms with E-state index in [9.17, 15) is 9.18 Å². The molecule has 0 spiro atoms. The molecule has 104 valence electrons. The minimum Gasteiger partial charge on any atom is -0.399 e. The number of morpholine rings is 1. The Morgan fingerprint density at radius 3 is 2.79 bits per heavy atom. The number of carbonyl (C=O) groups excluding carboxylic acids is 1. The fourth-order valence-electron chi connectivity index (χ4n) is 2.33. The molecular weight excluding hydrogens is 247 g/mol. The maximum Gasteiger partial charge on any atom is 0.257 e. The normalized spacial score (nSPS) is 18.4. The maximum atomic E-state index is 14.1. The Labute approximate surface area is 112 Å². The number of amides is 1. The molecule has 1 aromatic carbocycles. The second-order valence-electron chi connectivity index (χ2n) is 5.52. The van der Waals surface area contributed by atoms with Crippen LogP contribution >= 0.6 is 0 Å². The molecule has 1 aliphatic rings. The summed E-state index contributed by atoms with van der Waals surface area (Å²) in [7, 11) is 0. The molecule has 1 aromatic rings. The molecule has 1 heterocycles. The molecule has 1 amide bonds. The fraction of sp³-hybridized carbons (Fsp3) is 0.500. The smallest absolute Gasteiger partial charge is 0.257 e. The summed E-state index contributed by atoms with van der Waals surface area (Å²) in [5.74, 6) is -0.831. The first-order valence-corrected chi connectivity index (χ1v) is 6.28. The monoisotopic (exact) mass is 266 g/mol. The van der Waals surface area contributed by atoms with Gasteiger partial charge in [-0.15, -0.1) is 0 Å². The second-order valence-corrected chi connectivity index (χ2v) is 5.52. The van der Waals surface area contributed by atoms with Gasteiger partial charge in [-0.05, 0) is 38.5 Å². The van der Waals surface area contributed by atoms with Crippen LogP contribution in [0.3, 0.4) is 0 Å². The van der Waals surface area contributed by atoms with Gasteiger partial charge in [-0.3, -0.25) is 4.79 Å². The van der Waals surface area contributed by atoms with Crippen molar-refractivity contribution < 1.29 is 13.9 Å². The van der Waals surface area contributed by atoms with E-state index >= 15 is 0 Å². The van der Waals surface area contributed by atoms with Crippen LogP contribution < -0.4 is 5.73 Å². The maximum absolute atomic E-state index is 14.1. The third kappa shape index (κ3) is 2.56. The predicted octanol–water partition coefficient (Wildman–Crippen LogP) is 1.97. The van der Waals surface area contributed by atoms with Crippen LogP contribution in [0.2, 0.25) is 0 Å². The summed E-state index contributed by atoms with van der Waals surface area (Å²) in [5, 5.41) is 0. The Morgan fingerprint density at radius 2 is 2.16 bits per heavy atom. The SMILES string of the molecule is Cc1cc(N)cc(C(=O)N2CCOCC2(C)C)c1F. The molecule has 1 saturated heterocycles. The van der Waals surface area contributed by atoms with Crippen LogP contribution in [0.4, 0.5) is 10.1 Å². The lowest BCUT2D eigenvalue weighted by Gasteiger charge is -2.42. The zero-order valence-corrected chi connectivity index (χ0v) is 11.5. The van der Waals surface area contributed by atoms with Crippen LogP contribution in [0.1, 0.15) is 29.8 Å². The summed E-state index contributed by atoms with van der Waals surface area (Å²) < 4.78 is 19.5. The average Bonchev–Trinajstić information content (AvgIpc) is 2.32. The third-order valence-corrected chi connectivity index (χ3v) is 3.40. The van der Waals surface area contributed by atoms with Gasteiger partial charge in [0.05, 0.1) is 24.3 Å². The Balaban J connectivity index is 2.39. The first kappa shape index (κ1) is 13.8. The van der Waals surface area contributed by atoms with E-state index < -0.39 is 11.4 Å². The molecule has 0 aromatic heterocycles. The van der Waals surface area contributed by atoms with E-state index in [0.29, 0.717) is 31.0 Å². The van der Waals surface area contributed by atoms with Crippen LogP contribution in [-0.2, 0) is 4.74 Å². The number of ether oxygens (including phenoxy) is 1. The van der Waals surface area contributed by atoms with Gasteiger partial charge in [0.15, 0.2) is 0 Å². The number of benzene rings is 1.